The van der Waals surface area contributed by atoms with E-state index >= 15 is 0 Å². The Kier molecular flexibility index (Phi) is 22.9. The van der Waals surface area contributed by atoms with Crippen molar-refractivity contribution in [1.82, 2.24) is 25.4 Å². The van der Waals surface area contributed by atoms with Crippen molar-refractivity contribution < 1.29 is 52.4 Å². The molecule has 0 aliphatic rings. The Morgan fingerprint density at radius 2 is 1.03 bits per heavy atom. The Morgan fingerprint density at radius 1 is 0.600 bits per heavy atom. The maximum Gasteiger partial charge on any atom is 0.437 e. The zero-order chi connectivity index (χ0) is 49.8. The van der Waals surface area contributed by atoms with Crippen molar-refractivity contribution in [2.45, 2.75) is 190 Å². The largest absolute Gasteiger partial charge is 0.478 e. The minimum absolute atomic E-state index is 0.0106. The molecule has 0 bridgehead atoms. The fraction of sp³-hybridized carbons (Fsp3) is 0.717. The molecule has 1 aromatic heterocycles. The number of carbonyl (C=O) groups excluding carboxylic acids is 5. The van der Waals surface area contributed by atoms with Gasteiger partial charge in [0.1, 0.15) is 28.0 Å². The molecule has 1 aromatic rings. The van der Waals surface area contributed by atoms with Gasteiger partial charge in [-0.2, -0.15) is 0 Å². The first kappa shape index (κ1) is 57.5. The van der Waals surface area contributed by atoms with Gasteiger partial charge in [0.25, 0.3) is 0 Å². The maximum atomic E-state index is 14.0. The first-order chi connectivity index (χ1) is 29.7. The molecular formula is C46H78N8O11. The van der Waals surface area contributed by atoms with Crippen molar-refractivity contribution in [3.05, 3.63) is 23.9 Å². The van der Waals surface area contributed by atoms with E-state index in [1.165, 1.54) is 4.90 Å². The Hall–Kier alpha value is -5.49. The number of hydrogen-bond acceptors (Lipinski definition) is 14. The van der Waals surface area contributed by atoms with Crippen LogP contribution in [0.1, 0.15) is 168 Å². The molecule has 0 atom stereocenters. The molecule has 1 heterocycles. The second kappa shape index (κ2) is 25.9. The van der Waals surface area contributed by atoms with E-state index in [-0.39, 0.29) is 31.6 Å². The smallest absolute Gasteiger partial charge is 0.437 e. The van der Waals surface area contributed by atoms with Crippen LogP contribution in [0.5, 0.6) is 5.88 Å². The standard InChI is InChI=1S/C46H78N8O11/c1-32(47)33-25-26-34(49-31-33)60-30-24-23-29-54(41(59)65-46(14,15)16)36(52-39(57)63-44(8,9)10)53(40(58)64-45(11,12)13)28-22-20-18-17-19-21-27-48-35(50-37(55)61-42(2,3)4)51-38(56)62-43(5,6)7/h25-26,31,47H,17-24,27-30H2,1-16H3,(H2,48,50,51,55,56). The van der Waals surface area contributed by atoms with Crippen LogP contribution in [0.25, 0.3) is 0 Å². The number of alkyl carbamates (subject to hydrolysis) is 2. The van der Waals surface area contributed by atoms with Crippen molar-refractivity contribution in [3.8, 4) is 5.88 Å². The highest BCUT2D eigenvalue weighted by molar-refractivity contribution is 6.05. The van der Waals surface area contributed by atoms with E-state index in [1.54, 1.807) is 129 Å². The Morgan fingerprint density at radius 3 is 1.45 bits per heavy atom. The fourth-order valence-electron chi connectivity index (χ4n) is 5.24. The third-order valence-electron chi connectivity index (χ3n) is 7.79. The summed E-state index contributed by atoms with van der Waals surface area (Å²) in [5.74, 6) is -0.00612. The number of hydrogen-bond donors (Lipinski definition) is 3. The van der Waals surface area contributed by atoms with Crippen molar-refractivity contribution in [2.75, 3.05) is 26.2 Å². The average molecular weight is 919 g/mol. The summed E-state index contributed by atoms with van der Waals surface area (Å²) in [5.41, 5.74) is -3.27. The first-order valence-electron chi connectivity index (χ1n) is 22.2. The molecule has 0 aliphatic carbocycles. The lowest BCUT2D eigenvalue weighted by molar-refractivity contribution is 0.0269. The zero-order valence-electron chi connectivity index (χ0n) is 41.9. The molecule has 65 heavy (non-hydrogen) atoms. The Bertz CT molecular complexity index is 1750. The highest BCUT2D eigenvalue weighted by Crippen LogP contribution is 2.19. The highest BCUT2D eigenvalue weighted by atomic mass is 16.6. The summed E-state index contributed by atoms with van der Waals surface area (Å²) in [6.07, 6.45) is 2.21. The number of nitrogens with zero attached hydrogens (tertiary/aromatic N) is 5. The van der Waals surface area contributed by atoms with E-state index in [4.69, 9.17) is 33.8 Å². The third-order valence-corrected chi connectivity index (χ3v) is 7.79. The van der Waals surface area contributed by atoms with Crippen LogP contribution in [0, 0.1) is 5.41 Å². The molecule has 0 spiro atoms. The molecule has 0 saturated carbocycles. The molecule has 19 nitrogen and oxygen atoms in total. The summed E-state index contributed by atoms with van der Waals surface area (Å²) in [7, 11) is 0. The molecular weight excluding hydrogens is 841 g/mol. The molecule has 0 aromatic carbocycles. The van der Waals surface area contributed by atoms with E-state index in [9.17, 15) is 24.0 Å². The van der Waals surface area contributed by atoms with Gasteiger partial charge in [-0.15, -0.1) is 4.99 Å². The summed E-state index contributed by atoms with van der Waals surface area (Å²) < 4.78 is 33.6. The summed E-state index contributed by atoms with van der Waals surface area (Å²) in [6.45, 7) is 27.8. The highest BCUT2D eigenvalue weighted by Gasteiger charge is 2.35. The summed E-state index contributed by atoms with van der Waals surface area (Å²) in [5, 5.41) is 12.7. The molecule has 1 rings (SSSR count). The molecule has 0 fully saturated rings. The van der Waals surface area contributed by atoms with E-state index in [2.05, 4.69) is 25.6 Å². The van der Waals surface area contributed by atoms with Crippen LogP contribution < -0.4 is 15.4 Å². The number of unbranched alkanes of at least 4 members (excludes halogenated alkanes) is 6. The van der Waals surface area contributed by atoms with Crippen molar-refractivity contribution in [2.24, 2.45) is 9.98 Å². The van der Waals surface area contributed by atoms with Gasteiger partial charge in [0.15, 0.2) is 0 Å². The number of aliphatic imine (C=N–C) groups is 2. The van der Waals surface area contributed by atoms with Gasteiger partial charge in [0.05, 0.1) is 6.61 Å². The van der Waals surface area contributed by atoms with Crippen LogP contribution >= 0.6 is 0 Å². The minimum atomic E-state index is -1.01. The monoisotopic (exact) mass is 919 g/mol. The van der Waals surface area contributed by atoms with Gasteiger partial charge in [-0.25, -0.2) is 38.8 Å². The second-order valence-corrected chi connectivity index (χ2v) is 20.3. The molecule has 0 aliphatic heterocycles. The first-order valence-corrected chi connectivity index (χ1v) is 22.2. The number of ether oxygens (including phenoxy) is 6. The predicted octanol–water partition coefficient (Wildman–Crippen LogP) is 10.1. The number of carbonyl (C=O) groups is 5. The second-order valence-electron chi connectivity index (χ2n) is 20.3. The number of rotatable bonds is 16. The lowest BCUT2D eigenvalue weighted by Crippen LogP contribution is -2.53. The van der Waals surface area contributed by atoms with Gasteiger partial charge in [0.2, 0.25) is 17.8 Å². The molecule has 3 N–H and O–H groups in total. The number of guanidine groups is 2. The van der Waals surface area contributed by atoms with Crippen LogP contribution in [0.15, 0.2) is 28.3 Å². The van der Waals surface area contributed by atoms with Crippen molar-refractivity contribution in [3.63, 3.8) is 0 Å². The lowest BCUT2D eigenvalue weighted by atomic mass is 10.1. The number of aromatic nitrogens is 1. The number of pyridine rings is 1. The molecule has 19 heteroatoms. The van der Waals surface area contributed by atoms with Crippen LogP contribution in [0.3, 0.4) is 0 Å². The van der Waals surface area contributed by atoms with Gasteiger partial charge in [0, 0.05) is 43.2 Å². The minimum Gasteiger partial charge on any atom is -0.478 e. The topological polar surface area (TPSA) is 233 Å². The van der Waals surface area contributed by atoms with Gasteiger partial charge < -0.3 is 33.8 Å². The van der Waals surface area contributed by atoms with E-state index < -0.39 is 58.5 Å². The van der Waals surface area contributed by atoms with E-state index in [1.807, 2.05) is 0 Å². The van der Waals surface area contributed by atoms with E-state index in [0.717, 1.165) is 24.2 Å². The van der Waals surface area contributed by atoms with E-state index in [0.29, 0.717) is 55.8 Å². The summed E-state index contributed by atoms with van der Waals surface area (Å²) >= 11 is 0. The van der Waals surface area contributed by atoms with Gasteiger partial charge in [-0.1, -0.05) is 25.7 Å². The van der Waals surface area contributed by atoms with Gasteiger partial charge >= 0.3 is 30.5 Å². The Balaban J connectivity index is 3.26. The van der Waals surface area contributed by atoms with Crippen LogP contribution in [0.2, 0.25) is 0 Å². The normalized spacial score (nSPS) is 12.3. The van der Waals surface area contributed by atoms with Crippen LogP contribution in [0.4, 0.5) is 24.0 Å². The van der Waals surface area contributed by atoms with Crippen LogP contribution in [-0.2, 0) is 23.7 Å². The summed E-state index contributed by atoms with van der Waals surface area (Å²) in [6, 6.07) is 3.42. The average Bonchev–Trinajstić information content (AvgIpc) is 3.09. The van der Waals surface area contributed by atoms with Gasteiger partial charge in [-0.3, -0.25) is 15.6 Å². The zero-order valence-corrected chi connectivity index (χ0v) is 41.9. The third kappa shape index (κ3) is 28.1. The molecule has 0 radical (unpaired) electrons. The molecule has 368 valence electrons. The van der Waals surface area contributed by atoms with Crippen molar-refractivity contribution in [1.29, 1.82) is 5.41 Å². The molecule has 0 unspecified atom stereocenters. The Labute approximate surface area is 386 Å². The number of nitrogens with one attached hydrogen (secondary N) is 3. The maximum absolute atomic E-state index is 14.0. The SMILES string of the molecule is CC(=N)c1ccc(OCCCCN(C(=O)OC(C)(C)C)C(=NC(=O)OC(C)(C)C)N(CCCCCCCCN=C(NC(=O)OC(C)(C)C)NC(=O)OC(C)(C)C)C(=O)OC(C)(C)C)nc1. The predicted molar refractivity (Wildman–Crippen MR) is 250 cm³/mol. The summed E-state index contributed by atoms with van der Waals surface area (Å²) in [4.78, 5) is 81.4. The molecule has 0 saturated heterocycles. The fourth-order valence-corrected chi connectivity index (χ4v) is 5.24. The molecule has 5 amide bonds. The van der Waals surface area contributed by atoms with Crippen LogP contribution in [-0.4, -0.2) is 117 Å². The quantitative estimate of drug-likeness (QED) is 0.0608. The van der Waals surface area contributed by atoms with Crippen molar-refractivity contribution >= 4 is 48.1 Å². The van der Waals surface area contributed by atoms with Gasteiger partial charge in [-0.05, 0) is 143 Å². The number of amides is 5. The lowest BCUT2D eigenvalue weighted by Gasteiger charge is -2.34.